The lowest BCUT2D eigenvalue weighted by Crippen LogP contribution is -2.71. The molecule has 3 aliphatic heterocycles. The predicted octanol–water partition coefficient (Wildman–Crippen LogP) is -1.30. The first-order chi connectivity index (χ1) is 8.43. The lowest BCUT2D eigenvalue weighted by atomic mass is 9.81. The van der Waals surface area contributed by atoms with E-state index in [4.69, 9.17) is 9.47 Å². The molecule has 0 aromatic rings. The number of carbonyl (C=O) groups is 4. The fraction of sp³-hybridized carbons (Fsp3) is 0.600. The van der Waals surface area contributed by atoms with E-state index in [0.717, 1.165) is 14.2 Å². The van der Waals surface area contributed by atoms with E-state index in [1.54, 1.807) is 0 Å². The van der Waals surface area contributed by atoms with Gasteiger partial charge >= 0.3 is 35.1 Å². The molecule has 0 amide bonds. The van der Waals surface area contributed by atoms with Crippen molar-refractivity contribution < 1.29 is 38.1 Å². The highest BCUT2D eigenvalue weighted by Crippen LogP contribution is 2.42. The average molecular weight is 258 g/mol. The average Bonchev–Trinajstić information content (AvgIpc) is 2.38. The molecule has 2 unspecified atom stereocenters. The fourth-order valence-electron chi connectivity index (χ4n) is 2.01. The number of hydrogen-bond donors (Lipinski definition) is 0. The summed E-state index contributed by atoms with van der Waals surface area (Å²) >= 11 is 0. The van der Waals surface area contributed by atoms with Crippen molar-refractivity contribution in [2.24, 2.45) is 0 Å². The third-order valence-corrected chi connectivity index (χ3v) is 3.05. The lowest BCUT2D eigenvalue weighted by Gasteiger charge is -2.45. The van der Waals surface area contributed by atoms with Crippen LogP contribution in [0.2, 0.25) is 0 Å². The van der Waals surface area contributed by atoms with E-state index in [1.165, 1.54) is 0 Å². The third-order valence-electron chi connectivity index (χ3n) is 3.05. The van der Waals surface area contributed by atoms with E-state index in [0.29, 0.717) is 0 Å². The number of carbonyl (C=O) groups excluding carboxylic acids is 4. The Morgan fingerprint density at radius 2 is 1.28 bits per heavy atom. The van der Waals surface area contributed by atoms with Crippen molar-refractivity contribution in [3.05, 3.63) is 0 Å². The van der Waals surface area contributed by atoms with Gasteiger partial charge in [-0.1, -0.05) is 0 Å². The maximum Gasteiger partial charge on any atom is 0.364 e. The van der Waals surface area contributed by atoms with Crippen LogP contribution in [0.3, 0.4) is 0 Å². The summed E-state index contributed by atoms with van der Waals surface area (Å²) in [6.45, 7) is 0. The largest absolute Gasteiger partial charge is 0.466 e. The van der Waals surface area contributed by atoms with Crippen LogP contribution in [0, 0.1) is 0 Å². The molecule has 0 spiro atoms. The zero-order chi connectivity index (χ0) is 13.6. The van der Waals surface area contributed by atoms with Gasteiger partial charge in [0.25, 0.3) is 0 Å². The van der Waals surface area contributed by atoms with Gasteiger partial charge in [-0.05, 0) is 0 Å². The standard InChI is InChI=1S/C10H10O8/c1-15-5(11)9-3-4-10(6(12)16-2,8(14)17-9)18-7(9)13/h3-4H2,1-2H3. The van der Waals surface area contributed by atoms with Crippen molar-refractivity contribution in [1.29, 1.82) is 0 Å². The van der Waals surface area contributed by atoms with Crippen LogP contribution in [-0.2, 0) is 38.1 Å². The van der Waals surface area contributed by atoms with Crippen LogP contribution >= 0.6 is 0 Å². The molecule has 0 N–H and O–H groups in total. The highest BCUT2D eigenvalue weighted by atomic mass is 16.7. The summed E-state index contributed by atoms with van der Waals surface area (Å²) in [6.07, 6.45) is -0.362. The zero-order valence-corrected chi connectivity index (χ0v) is 9.68. The Hall–Kier alpha value is -2.12. The van der Waals surface area contributed by atoms with Crippen molar-refractivity contribution in [2.45, 2.75) is 24.0 Å². The Bertz CT molecular complexity index is 413. The highest BCUT2D eigenvalue weighted by Gasteiger charge is 2.71. The SMILES string of the molecule is COC(=O)C12CCC(C(=O)OC)(OC1=O)C(=O)O2. The number of rotatable bonds is 2. The van der Waals surface area contributed by atoms with Crippen LogP contribution in [0.4, 0.5) is 0 Å². The summed E-state index contributed by atoms with van der Waals surface area (Å²) in [5.41, 5.74) is -4.19. The summed E-state index contributed by atoms with van der Waals surface area (Å²) in [6, 6.07) is 0. The topological polar surface area (TPSA) is 105 Å². The van der Waals surface area contributed by atoms with Gasteiger partial charge in [-0.25, -0.2) is 19.2 Å². The minimum atomic E-state index is -2.10. The molecule has 3 saturated heterocycles. The quantitative estimate of drug-likeness (QED) is 0.342. The first kappa shape index (κ1) is 12.3. The lowest BCUT2D eigenvalue weighted by molar-refractivity contribution is -0.250. The summed E-state index contributed by atoms with van der Waals surface area (Å²) in [5, 5.41) is 0. The van der Waals surface area contributed by atoms with Gasteiger partial charge in [-0.2, -0.15) is 0 Å². The molecular weight excluding hydrogens is 248 g/mol. The number of methoxy groups -OCH3 is 2. The van der Waals surface area contributed by atoms with Gasteiger partial charge < -0.3 is 18.9 Å². The van der Waals surface area contributed by atoms with Gasteiger partial charge in [0.15, 0.2) is 0 Å². The van der Waals surface area contributed by atoms with Crippen LogP contribution < -0.4 is 0 Å². The van der Waals surface area contributed by atoms with Gasteiger partial charge in [0.1, 0.15) is 0 Å². The van der Waals surface area contributed by atoms with Crippen molar-refractivity contribution in [3.63, 3.8) is 0 Å². The molecule has 2 bridgehead atoms. The number of esters is 4. The van der Waals surface area contributed by atoms with E-state index >= 15 is 0 Å². The predicted molar refractivity (Wildman–Crippen MR) is 50.9 cm³/mol. The molecule has 0 saturated carbocycles. The molecule has 0 aliphatic carbocycles. The van der Waals surface area contributed by atoms with E-state index in [9.17, 15) is 19.2 Å². The van der Waals surface area contributed by atoms with Gasteiger partial charge in [0, 0.05) is 12.8 Å². The van der Waals surface area contributed by atoms with E-state index < -0.39 is 35.1 Å². The van der Waals surface area contributed by atoms with Gasteiger partial charge in [-0.3, -0.25) is 0 Å². The Balaban J connectivity index is 2.40. The van der Waals surface area contributed by atoms with Crippen molar-refractivity contribution in [2.75, 3.05) is 14.2 Å². The van der Waals surface area contributed by atoms with Crippen LogP contribution in [0.15, 0.2) is 0 Å². The molecule has 8 nitrogen and oxygen atoms in total. The van der Waals surface area contributed by atoms with E-state index in [1.807, 2.05) is 0 Å². The maximum atomic E-state index is 11.7. The second-order valence-corrected chi connectivity index (χ2v) is 3.92. The molecule has 18 heavy (non-hydrogen) atoms. The second kappa shape index (κ2) is 3.69. The first-order valence-corrected chi connectivity index (χ1v) is 5.06. The molecule has 0 aromatic carbocycles. The molecule has 0 radical (unpaired) electrons. The molecule has 3 aliphatic rings. The smallest absolute Gasteiger partial charge is 0.364 e. The van der Waals surface area contributed by atoms with Crippen molar-refractivity contribution in [1.82, 2.24) is 0 Å². The Labute approximate surface area is 101 Å². The molecule has 3 rings (SSSR count). The molecule has 2 atom stereocenters. The number of hydrogen-bond acceptors (Lipinski definition) is 8. The molecular formula is C10H10O8. The number of ether oxygens (including phenoxy) is 4. The van der Waals surface area contributed by atoms with Crippen LogP contribution in [0.25, 0.3) is 0 Å². The van der Waals surface area contributed by atoms with Crippen LogP contribution in [0.5, 0.6) is 0 Å². The minimum absolute atomic E-state index is 0.181. The van der Waals surface area contributed by atoms with Gasteiger partial charge in [0.2, 0.25) is 0 Å². The Morgan fingerprint density at radius 1 is 0.944 bits per heavy atom. The van der Waals surface area contributed by atoms with E-state index in [2.05, 4.69) is 9.47 Å². The maximum absolute atomic E-state index is 11.7. The zero-order valence-electron chi connectivity index (χ0n) is 9.68. The first-order valence-electron chi connectivity index (χ1n) is 5.06. The monoisotopic (exact) mass is 258 g/mol. The van der Waals surface area contributed by atoms with Gasteiger partial charge in [-0.15, -0.1) is 0 Å². The molecule has 8 heteroatoms. The van der Waals surface area contributed by atoms with Crippen molar-refractivity contribution >= 4 is 23.9 Å². The third kappa shape index (κ3) is 1.25. The molecule has 3 heterocycles. The Kier molecular flexibility index (Phi) is 2.53. The minimum Gasteiger partial charge on any atom is -0.466 e. The number of fused-ring (bicyclic) bond motifs is 3. The summed E-state index contributed by atoms with van der Waals surface area (Å²) < 4.78 is 18.4. The molecule has 3 fully saturated rings. The summed E-state index contributed by atoms with van der Waals surface area (Å²) in [7, 11) is 2.10. The summed E-state index contributed by atoms with van der Waals surface area (Å²) in [4.78, 5) is 46.5. The Morgan fingerprint density at radius 3 is 1.50 bits per heavy atom. The normalized spacial score (nSPS) is 33.4. The highest BCUT2D eigenvalue weighted by molar-refractivity contribution is 6.16. The van der Waals surface area contributed by atoms with Crippen LogP contribution in [0.1, 0.15) is 12.8 Å². The fourth-order valence-corrected chi connectivity index (χ4v) is 2.01. The molecule has 98 valence electrons. The second-order valence-electron chi connectivity index (χ2n) is 3.92. The molecule has 0 aromatic heterocycles. The summed E-state index contributed by atoms with van der Waals surface area (Å²) in [5.74, 6) is -4.30. The van der Waals surface area contributed by atoms with E-state index in [-0.39, 0.29) is 12.8 Å². The van der Waals surface area contributed by atoms with Gasteiger partial charge in [0.05, 0.1) is 14.2 Å². The van der Waals surface area contributed by atoms with Crippen LogP contribution in [-0.4, -0.2) is 49.3 Å². The van der Waals surface area contributed by atoms with Crippen molar-refractivity contribution in [3.8, 4) is 0 Å².